The maximum atomic E-state index is 9.44. The van der Waals surface area contributed by atoms with Gasteiger partial charge >= 0.3 is 0 Å². The van der Waals surface area contributed by atoms with E-state index in [1.807, 2.05) is 20.8 Å². The first-order valence-corrected chi connectivity index (χ1v) is 5.07. The Morgan fingerprint density at radius 2 is 1.56 bits per heavy atom. The lowest BCUT2D eigenvalue weighted by atomic mass is 10.0. The van der Waals surface area contributed by atoms with Crippen molar-refractivity contribution in [2.24, 2.45) is 4.99 Å². The van der Waals surface area contributed by atoms with Gasteiger partial charge in [0.2, 0.25) is 0 Å². The third-order valence-electron chi connectivity index (χ3n) is 1.90. The first-order chi connectivity index (χ1) is 7.19. The number of hydrogen-bond acceptors (Lipinski definition) is 6. The third-order valence-corrected chi connectivity index (χ3v) is 1.90. The zero-order valence-corrected chi connectivity index (χ0v) is 9.78. The molecular weight excluding hydrogens is 214 g/mol. The van der Waals surface area contributed by atoms with Crippen molar-refractivity contribution in [1.82, 2.24) is 0 Å². The first kappa shape index (κ1) is 15.5. The van der Waals surface area contributed by atoms with Crippen molar-refractivity contribution < 1.29 is 25.5 Å². The SMILES string of the molecule is CC(C)(C)N=C[C@H](O)[C@@H](O)[C@H](O)[C@H](O)CO. The molecule has 16 heavy (non-hydrogen) atoms. The summed E-state index contributed by atoms with van der Waals surface area (Å²) >= 11 is 0. The van der Waals surface area contributed by atoms with Crippen LogP contribution in [0.4, 0.5) is 0 Å². The van der Waals surface area contributed by atoms with Crippen LogP contribution >= 0.6 is 0 Å². The Balaban J connectivity index is 4.39. The number of nitrogens with zero attached hydrogens (tertiary/aromatic N) is 1. The zero-order chi connectivity index (χ0) is 12.9. The minimum absolute atomic E-state index is 0.402. The lowest BCUT2D eigenvalue weighted by Crippen LogP contribution is -2.46. The van der Waals surface area contributed by atoms with Crippen molar-refractivity contribution in [3.8, 4) is 0 Å². The van der Waals surface area contributed by atoms with E-state index in [0.29, 0.717) is 0 Å². The maximum absolute atomic E-state index is 9.44. The van der Waals surface area contributed by atoms with Crippen LogP contribution in [0.3, 0.4) is 0 Å². The topological polar surface area (TPSA) is 114 Å². The molecule has 6 nitrogen and oxygen atoms in total. The molecule has 0 radical (unpaired) electrons. The van der Waals surface area contributed by atoms with Gasteiger partial charge in [-0.25, -0.2) is 0 Å². The van der Waals surface area contributed by atoms with Crippen LogP contribution in [0.25, 0.3) is 0 Å². The predicted octanol–water partition coefficient (Wildman–Crippen LogP) is -1.71. The number of rotatable bonds is 5. The highest BCUT2D eigenvalue weighted by atomic mass is 16.4. The van der Waals surface area contributed by atoms with E-state index in [9.17, 15) is 15.3 Å². The van der Waals surface area contributed by atoms with E-state index in [2.05, 4.69) is 4.99 Å². The lowest BCUT2D eigenvalue weighted by molar-refractivity contribution is -0.1000. The van der Waals surface area contributed by atoms with Gasteiger partial charge in [0.15, 0.2) is 0 Å². The molecule has 0 aliphatic carbocycles. The Morgan fingerprint density at radius 3 is 1.94 bits per heavy atom. The summed E-state index contributed by atoms with van der Waals surface area (Å²) in [4.78, 5) is 3.95. The standard InChI is InChI=1S/C10H21NO5/c1-10(2,3)11-4-6(13)8(15)9(16)7(14)5-12/h4,6-9,12-16H,5H2,1-3H3/t6-,7+,8+,9+/m0/s1. The molecule has 0 heterocycles. The van der Waals surface area contributed by atoms with Gasteiger partial charge in [0.25, 0.3) is 0 Å². The fraction of sp³-hybridized carbons (Fsp3) is 0.900. The van der Waals surface area contributed by atoms with E-state index in [0.717, 1.165) is 6.21 Å². The molecule has 0 aromatic carbocycles. The second-order valence-electron chi connectivity index (χ2n) is 4.67. The Morgan fingerprint density at radius 1 is 1.06 bits per heavy atom. The van der Waals surface area contributed by atoms with Crippen molar-refractivity contribution in [3.05, 3.63) is 0 Å². The van der Waals surface area contributed by atoms with Crippen LogP contribution in [-0.2, 0) is 0 Å². The molecule has 0 aliphatic heterocycles. The number of aliphatic hydroxyl groups excluding tert-OH is 5. The predicted molar refractivity (Wildman–Crippen MR) is 59.4 cm³/mol. The summed E-state index contributed by atoms with van der Waals surface area (Å²) < 4.78 is 0. The van der Waals surface area contributed by atoms with E-state index >= 15 is 0 Å². The van der Waals surface area contributed by atoms with Crippen molar-refractivity contribution in [3.63, 3.8) is 0 Å². The molecular formula is C10H21NO5. The van der Waals surface area contributed by atoms with E-state index in [1.165, 1.54) is 0 Å². The van der Waals surface area contributed by atoms with Crippen molar-refractivity contribution in [2.45, 2.75) is 50.7 Å². The quantitative estimate of drug-likeness (QED) is 0.364. The highest BCUT2D eigenvalue weighted by molar-refractivity contribution is 5.64. The zero-order valence-electron chi connectivity index (χ0n) is 9.78. The Kier molecular flexibility index (Phi) is 6.06. The van der Waals surface area contributed by atoms with Crippen LogP contribution in [0.1, 0.15) is 20.8 Å². The second-order valence-corrected chi connectivity index (χ2v) is 4.67. The highest BCUT2D eigenvalue weighted by Gasteiger charge is 2.29. The van der Waals surface area contributed by atoms with Crippen LogP contribution in [0.5, 0.6) is 0 Å². The minimum Gasteiger partial charge on any atom is -0.394 e. The molecule has 4 atom stereocenters. The molecule has 0 aliphatic rings. The fourth-order valence-corrected chi connectivity index (χ4v) is 0.926. The van der Waals surface area contributed by atoms with Crippen molar-refractivity contribution in [2.75, 3.05) is 6.61 Å². The molecule has 0 saturated carbocycles. The average molecular weight is 235 g/mol. The Hall–Kier alpha value is -0.530. The molecule has 0 unspecified atom stereocenters. The van der Waals surface area contributed by atoms with E-state index in [1.54, 1.807) is 0 Å². The minimum atomic E-state index is -1.62. The average Bonchev–Trinajstić information content (AvgIpc) is 2.21. The van der Waals surface area contributed by atoms with Gasteiger partial charge in [-0.05, 0) is 20.8 Å². The van der Waals surface area contributed by atoms with Crippen LogP contribution in [0.15, 0.2) is 4.99 Å². The normalized spacial score (nSPS) is 20.8. The van der Waals surface area contributed by atoms with Gasteiger partial charge in [0.05, 0.1) is 12.1 Å². The molecule has 5 N–H and O–H groups in total. The van der Waals surface area contributed by atoms with Crippen molar-refractivity contribution >= 4 is 6.21 Å². The van der Waals surface area contributed by atoms with Gasteiger partial charge < -0.3 is 25.5 Å². The van der Waals surface area contributed by atoms with Crippen molar-refractivity contribution in [1.29, 1.82) is 0 Å². The summed E-state index contributed by atoms with van der Waals surface area (Å²) in [6.45, 7) is 4.73. The molecule has 0 saturated heterocycles. The molecule has 0 spiro atoms. The molecule has 0 amide bonds. The van der Waals surface area contributed by atoms with Gasteiger partial charge in [-0.3, -0.25) is 4.99 Å². The summed E-state index contributed by atoms with van der Waals surface area (Å²) in [5.41, 5.74) is -0.402. The second kappa shape index (κ2) is 6.27. The molecule has 6 heteroatoms. The van der Waals surface area contributed by atoms with E-state index < -0.39 is 36.6 Å². The van der Waals surface area contributed by atoms with Gasteiger partial charge in [-0.1, -0.05) is 0 Å². The smallest absolute Gasteiger partial charge is 0.117 e. The van der Waals surface area contributed by atoms with Crippen LogP contribution in [0.2, 0.25) is 0 Å². The summed E-state index contributed by atoms with van der Waals surface area (Å²) in [7, 11) is 0. The number of hydrogen-bond donors (Lipinski definition) is 5. The van der Waals surface area contributed by atoms with E-state index in [4.69, 9.17) is 10.2 Å². The third kappa shape index (κ3) is 5.53. The van der Waals surface area contributed by atoms with Gasteiger partial charge in [0.1, 0.15) is 24.4 Å². The monoisotopic (exact) mass is 235 g/mol. The summed E-state index contributed by atoms with van der Waals surface area (Å²) in [6, 6.07) is 0. The van der Waals surface area contributed by atoms with Crippen LogP contribution < -0.4 is 0 Å². The molecule has 96 valence electrons. The lowest BCUT2D eigenvalue weighted by Gasteiger charge is -2.24. The van der Waals surface area contributed by atoms with Crippen LogP contribution in [0, 0.1) is 0 Å². The first-order valence-electron chi connectivity index (χ1n) is 5.07. The highest BCUT2D eigenvalue weighted by Crippen LogP contribution is 2.08. The van der Waals surface area contributed by atoms with Gasteiger partial charge in [0, 0.05) is 6.21 Å². The molecule has 0 bridgehead atoms. The molecule has 0 fully saturated rings. The number of aliphatic imine (C=N–C) groups is 1. The molecule has 0 aromatic heterocycles. The van der Waals surface area contributed by atoms with Gasteiger partial charge in [-0.15, -0.1) is 0 Å². The summed E-state index contributed by atoms with van der Waals surface area (Å²) in [5, 5.41) is 45.8. The largest absolute Gasteiger partial charge is 0.394 e. The molecule has 0 aromatic rings. The molecule has 0 rings (SSSR count). The summed E-state index contributed by atoms with van der Waals surface area (Å²) in [6.07, 6.45) is -4.99. The fourth-order valence-electron chi connectivity index (χ4n) is 0.926. The van der Waals surface area contributed by atoms with Gasteiger partial charge in [-0.2, -0.15) is 0 Å². The Bertz CT molecular complexity index is 226. The maximum Gasteiger partial charge on any atom is 0.117 e. The van der Waals surface area contributed by atoms with E-state index in [-0.39, 0.29) is 0 Å². The van der Waals surface area contributed by atoms with Crippen LogP contribution in [-0.4, -0.2) is 68.3 Å². The summed E-state index contributed by atoms with van der Waals surface area (Å²) in [5.74, 6) is 0. The number of aliphatic hydroxyl groups is 5. The Labute approximate surface area is 94.9 Å².